The second-order valence-corrected chi connectivity index (χ2v) is 6.25. The van der Waals surface area contributed by atoms with E-state index in [2.05, 4.69) is 36.6 Å². The molecular weight excluding hydrogens is 338 g/mol. The average molecular weight is 361 g/mol. The summed E-state index contributed by atoms with van der Waals surface area (Å²) in [5.41, 5.74) is 5.69. The lowest BCUT2D eigenvalue weighted by Crippen LogP contribution is -2.06. The molecule has 0 amide bonds. The first kappa shape index (κ1) is 18.5. The number of aromatic nitrogens is 1. The van der Waals surface area contributed by atoms with E-state index in [0.717, 1.165) is 28.2 Å². The molecular formula is C23H23NO3. The summed E-state index contributed by atoms with van der Waals surface area (Å²) >= 11 is 0. The second kappa shape index (κ2) is 7.96. The van der Waals surface area contributed by atoms with Crippen molar-refractivity contribution in [3.05, 3.63) is 82.7 Å². The predicted molar refractivity (Wildman–Crippen MR) is 109 cm³/mol. The van der Waals surface area contributed by atoms with Gasteiger partial charge >= 0.3 is 5.97 Å². The van der Waals surface area contributed by atoms with E-state index in [-0.39, 0.29) is 0 Å². The highest BCUT2D eigenvalue weighted by Crippen LogP contribution is 2.27. The summed E-state index contributed by atoms with van der Waals surface area (Å²) < 4.78 is 12.5. The number of hydrogen-bond donors (Lipinski definition) is 0. The summed E-state index contributed by atoms with van der Waals surface area (Å²) in [5.74, 6) is 0.0839. The van der Waals surface area contributed by atoms with Crippen LogP contribution in [0.15, 0.2) is 54.6 Å². The largest absolute Gasteiger partial charge is 0.496 e. The van der Waals surface area contributed by atoms with Crippen LogP contribution < -0.4 is 4.74 Å². The SMILES string of the molecule is COC(=O)c1c(/C=C/c2cc(C)n(-c3ccccc3)c2C)cccc1OC. The van der Waals surface area contributed by atoms with Crippen LogP contribution in [0.5, 0.6) is 5.75 Å². The van der Waals surface area contributed by atoms with Crippen LogP contribution in [-0.4, -0.2) is 24.8 Å². The van der Waals surface area contributed by atoms with Crippen molar-refractivity contribution >= 4 is 18.1 Å². The Balaban J connectivity index is 2.02. The van der Waals surface area contributed by atoms with Gasteiger partial charge in [0.2, 0.25) is 0 Å². The molecule has 1 aromatic heterocycles. The predicted octanol–water partition coefficient (Wildman–Crippen LogP) is 5.06. The molecule has 0 spiro atoms. The Morgan fingerprint density at radius 3 is 2.30 bits per heavy atom. The van der Waals surface area contributed by atoms with Crippen molar-refractivity contribution < 1.29 is 14.3 Å². The summed E-state index contributed by atoms with van der Waals surface area (Å²) in [6.07, 6.45) is 3.94. The molecule has 27 heavy (non-hydrogen) atoms. The Morgan fingerprint density at radius 2 is 1.63 bits per heavy atom. The number of benzene rings is 2. The van der Waals surface area contributed by atoms with Crippen LogP contribution in [0, 0.1) is 13.8 Å². The lowest BCUT2D eigenvalue weighted by atomic mass is 10.0. The number of ether oxygens (including phenoxy) is 2. The molecule has 0 bridgehead atoms. The maximum absolute atomic E-state index is 12.2. The van der Waals surface area contributed by atoms with Gasteiger partial charge in [-0.05, 0) is 49.2 Å². The van der Waals surface area contributed by atoms with E-state index in [1.54, 1.807) is 13.2 Å². The van der Waals surface area contributed by atoms with Crippen molar-refractivity contribution in [1.82, 2.24) is 4.57 Å². The van der Waals surface area contributed by atoms with Crippen molar-refractivity contribution in [2.45, 2.75) is 13.8 Å². The van der Waals surface area contributed by atoms with Crippen molar-refractivity contribution in [2.75, 3.05) is 14.2 Å². The quantitative estimate of drug-likeness (QED) is 0.597. The standard InChI is InChI=1S/C23H23NO3/c1-16-15-19(17(2)24(16)20-10-6-5-7-11-20)14-13-18-9-8-12-21(26-3)22(18)23(25)27-4/h5-15H,1-4H3/b14-13+. The second-order valence-electron chi connectivity index (χ2n) is 6.25. The molecule has 0 unspecified atom stereocenters. The molecule has 0 saturated heterocycles. The van der Waals surface area contributed by atoms with Crippen molar-refractivity contribution in [1.29, 1.82) is 0 Å². The molecule has 1 heterocycles. The van der Waals surface area contributed by atoms with Gasteiger partial charge < -0.3 is 14.0 Å². The zero-order valence-corrected chi connectivity index (χ0v) is 16.0. The third-order valence-electron chi connectivity index (χ3n) is 4.60. The first-order valence-corrected chi connectivity index (χ1v) is 8.74. The lowest BCUT2D eigenvalue weighted by Gasteiger charge is -2.10. The molecule has 0 fully saturated rings. The summed E-state index contributed by atoms with van der Waals surface area (Å²) in [4.78, 5) is 12.2. The van der Waals surface area contributed by atoms with E-state index in [9.17, 15) is 4.79 Å². The summed E-state index contributed by atoms with van der Waals surface area (Å²) in [6, 6.07) is 17.9. The van der Waals surface area contributed by atoms with E-state index in [0.29, 0.717) is 11.3 Å². The fraction of sp³-hybridized carbons (Fsp3) is 0.174. The fourth-order valence-electron chi connectivity index (χ4n) is 3.29. The maximum Gasteiger partial charge on any atom is 0.342 e. The van der Waals surface area contributed by atoms with Gasteiger partial charge in [0.25, 0.3) is 0 Å². The number of carbonyl (C=O) groups is 1. The molecule has 0 atom stereocenters. The first-order valence-electron chi connectivity index (χ1n) is 8.74. The summed E-state index contributed by atoms with van der Waals surface area (Å²) in [6.45, 7) is 4.18. The summed E-state index contributed by atoms with van der Waals surface area (Å²) in [7, 11) is 2.92. The number of carbonyl (C=O) groups excluding carboxylic acids is 1. The Hall–Kier alpha value is -3.27. The van der Waals surface area contributed by atoms with E-state index in [4.69, 9.17) is 9.47 Å². The molecule has 0 N–H and O–H groups in total. The van der Waals surface area contributed by atoms with Gasteiger partial charge in [0.1, 0.15) is 11.3 Å². The Labute approximate surface area is 159 Å². The highest BCUT2D eigenvalue weighted by molar-refractivity contribution is 5.97. The monoisotopic (exact) mass is 361 g/mol. The van der Waals surface area contributed by atoms with Gasteiger partial charge in [0.15, 0.2) is 0 Å². The fourth-order valence-corrected chi connectivity index (χ4v) is 3.29. The minimum atomic E-state index is -0.415. The third-order valence-corrected chi connectivity index (χ3v) is 4.60. The number of para-hydroxylation sites is 1. The van der Waals surface area contributed by atoms with E-state index < -0.39 is 5.97 Å². The van der Waals surface area contributed by atoms with Crippen molar-refractivity contribution in [3.63, 3.8) is 0 Å². The molecule has 4 nitrogen and oxygen atoms in total. The third kappa shape index (κ3) is 3.65. The van der Waals surface area contributed by atoms with Crippen LogP contribution in [0.25, 0.3) is 17.8 Å². The lowest BCUT2D eigenvalue weighted by molar-refractivity contribution is 0.0597. The zero-order valence-electron chi connectivity index (χ0n) is 16.0. The number of esters is 1. The smallest absolute Gasteiger partial charge is 0.342 e. The Bertz CT molecular complexity index is 984. The van der Waals surface area contributed by atoms with Crippen LogP contribution in [-0.2, 0) is 4.74 Å². The maximum atomic E-state index is 12.2. The number of hydrogen-bond acceptors (Lipinski definition) is 3. The molecule has 0 radical (unpaired) electrons. The van der Waals surface area contributed by atoms with Crippen LogP contribution >= 0.6 is 0 Å². The zero-order chi connectivity index (χ0) is 19.4. The van der Waals surface area contributed by atoms with E-state index in [1.165, 1.54) is 7.11 Å². The van der Waals surface area contributed by atoms with Crippen molar-refractivity contribution in [3.8, 4) is 11.4 Å². The Morgan fingerprint density at radius 1 is 0.926 bits per heavy atom. The van der Waals surface area contributed by atoms with Gasteiger partial charge in [-0.3, -0.25) is 0 Å². The molecule has 138 valence electrons. The molecule has 3 rings (SSSR count). The number of methoxy groups -OCH3 is 2. The molecule has 0 aliphatic rings. The molecule has 2 aromatic carbocycles. The normalized spacial score (nSPS) is 11.0. The van der Waals surface area contributed by atoms with E-state index >= 15 is 0 Å². The minimum absolute atomic E-state index is 0.415. The molecule has 0 saturated carbocycles. The highest BCUT2D eigenvalue weighted by Gasteiger charge is 2.16. The van der Waals surface area contributed by atoms with Crippen LogP contribution in [0.4, 0.5) is 0 Å². The topological polar surface area (TPSA) is 40.5 Å². The molecule has 4 heteroatoms. The van der Waals surface area contributed by atoms with Crippen LogP contribution in [0.2, 0.25) is 0 Å². The Kier molecular flexibility index (Phi) is 5.46. The van der Waals surface area contributed by atoms with Crippen molar-refractivity contribution in [2.24, 2.45) is 0 Å². The first-order chi connectivity index (χ1) is 13.1. The van der Waals surface area contributed by atoms with Gasteiger partial charge in [-0.15, -0.1) is 0 Å². The number of rotatable bonds is 5. The van der Waals surface area contributed by atoms with Gasteiger partial charge in [0, 0.05) is 17.1 Å². The average Bonchev–Trinajstić information content (AvgIpc) is 2.99. The van der Waals surface area contributed by atoms with Gasteiger partial charge in [-0.25, -0.2) is 4.79 Å². The van der Waals surface area contributed by atoms with Gasteiger partial charge in [-0.2, -0.15) is 0 Å². The van der Waals surface area contributed by atoms with E-state index in [1.807, 2.05) is 42.5 Å². The van der Waals surface area contributed by atoms with Gasteiger partial charge in [0.05, 0.1) is 14.2 Å². The number of nitrogens with zero attached hydrogens (tertiary/aromatic N) is 1. The highest BCUT2D eigenvalue weighted by atomic mass is 16.5. The van der Waals surface area contributed by atoms with Gasteiger partial charge in [-0.1, -0.05) is 42.5 Å². The molecule has 0 aliphatic heterocycles. The molecule has 0 aliphatic carbocycles. The summed E-state index contributed by atoms with van der Waals surface area (Å²) in [5, 5.41) is 0. The van der Waals surface area contributed by atoms with Crippen LogP contribution in [0.3, 0.4) is 0 Å². The minimum Gasteiger partial charge on any atom is -0.496 e. The molecule has 3 aromatic rings. The van der Waals surface area contributed by atoms with Crippen LogP contribution in [0.1, 0.15) is 32.9 Å². The number of aryl methyl sites for hydroxylation is 1.